The van der Waals surface area contributed by atoms with E-state index in [1.54, 1.807) is 7.05 Å². The number of aromatic nitrogens is 3. The Morgan fingerprint density at radius 2 is 2.30 bits per heavy atom. The molecule has 2 rings (SSSR count). The lowest BCUT2D eigenvalue weighted by Gasteiger charge is -2.02. The van der Waals surface area contributed by atoms with E-state index >= 15 is 0 Å². The van der Waals surface area contributed by atoms with Gasteiger partial charge in [0.25, 0.3) is 0 Å². The number of halogens is 1. The van der Waals surface area contributed by atoms with Crippen LogP contribution in [0.25, 0.3) is 0 Å². The summed E-state index contributed by atoms with van der Waals surface area (Å²) in [4.78, 5) is 14.3. The topological polar surface area (TPSA) is 127 Å². The van der Waals surface area contributed by atoms with Gasteiger partial charge in [0.05, 0.1) is 6.54 Å². The Morgan fingerprint density at radius 1 is 1.60 bits per heavy atom. The Labute approximate surface area is 121 Å². The maximum Gasteiger partial charge on any atom is 0.371 e. The van der Waals surface area contributed by atoms with Crippen LogP contribution in [0.2, 0.25) is 0 Å². The second-order valence-electron chi connectivity index (χ2n) is 3.71. The smallest absolute Gasteiger partial charge is 0.371 e. The summed E-state index contributed by atoms with van der Waals surface area (Å²) in [6.45, 7) is -0.122. The second kappa shape index (κ2) is 5.34. The predicted octanol–water partition coefficient (Wildman–Crippen LogP) is 0.347. The molecule has 0 saturated heterocycles. The van der Waals surface area contributed by atoms with Crippen LogP contribution in [0, 0.1) is 0 Å². The van der Waals surface area contributed by atoms with Crippen LogP contribution in [0.3, 0.4) is 0 Å². The van der Waals surface area contributed by atoms with Crippen LogP contribution in [0.4, 0.5) is 0 Å². The molecular weight excluding hydrogens is 356 g/mol. The van der Waals surface area contributed by atoms with Gasteiger partial charge in [0, 0.05) is 13.1 Å². The Balaban J connectivity index is 2.20. The highest BCUT2D eigenvalue weighted by molar-refractivity contribution is 9.10. The molecule has 2 aromatic rings. The molecule has 9 nitrogen and oxygen atoms in total. The molecule has 108 valence electrons. The summed E-state index contributed by atoms with van der Waals surface area (Å²) in [7, 11) is -2.29. The van der Waals surface area contributed by atoms with E-state index in [2.05, 4.69) is 30.7 Å². The summed E-state index contributed by atoms with van der Waals surface area (Å²) >= 11 is 2.87. The van der Waals surface area contributed by atoms with E-state index in [0.717, 1.165) is 6.07 Å². The number of carbonyl (C=O) groups is 1. The van der Waals surface area contributed by atoms with Crippen molar-refractivity contribution in [2.75, 3.05) is 0 Å². The molecule has 20 heavy (non-hydrogen) atoms. The van der Waals surface area contributed by atoms with Crippen LogP contribution in [-0.2, 0) is 23.6 Å². The molecule has 2 N–H and O–H groups in total. The van der Waals surface area contributed by atoms with Crippen LogP contribution < -0.4 is 4.72 Å². The first-order valence-corrected chi connectivity index (χ1v) is 7.44. The zero-order chi connectivity index (χ0) is 14.9. The standard InChI is InChI=1S/C9H9BrN4O5S/c1-14-4-11-7(13-14)3-12-20(17,18)6-2-5(9(15)16)19-8(6)10/h2,4,12H,3H2,1H3,(H,15,16). The Kier molecular flexibility index (Phi) is 3.92. The SMILES string of the molecule is Cn1cnc(CNS(=O)(=O)c2cc(C(=O)O)oc2Br)n1. The molecule has 0 spiro atoms. The van der Waals surface area contributed by atoms with E-state index in [4.69, 9.17) is 9.52 Å². The number of nitrogens with one attached hydrogen (secondary N) is 1. The van der Waals surface area contributed by atoms with Crippen molar-refractivity contribution in [3.8, 4) is 0 Å². The average molecular weight is 365 g/mol. The molecule has 0 aliphatic carbocycles. The summed E-state index contributed by atoms with van der Waals surface area (Å²) in [5, 5.41) is 12.7. The maximum atomic E-state index is 12.0. The number of carboxylic acid groups (broad SMARTS) is 1. The fourth-order valence-electron chi connectivity index (χ4n) is 1.34. The van der Waals surface area contributed by atoms with E-state index in [0.29, 0.717) is 0 Å². The minimum Gasteiger partial charge on any atom is -0.475 e. The molecule has 0 saturated carbocycles. The molecule has 11 heteroatoms. The van der Waals surface area contributed by atoms with Gasteiger partial charge >= 0.3 is 5.97 Å². The van der Waals surface area contributed by atoms with Crippen molar-refractivity contribution in [2.45, 2.75) is 11.4 Å². The quantitative estimate of drug-likeness (QED) is 0.782. The molecule has 2 aromatic heterocycles. The van der Waals surface area contributed by atoms with Gasteiger partial charge in [0.1, 0.15) is 11.2 Å². The largest absolute Gasteiger partial charge is 0.475 e. The van der Waals surface area contributed by atoms with E-state index in [-0.39, 0.29) is 21.9 Å². The van der Waals surface area contributed by atoms with Crippen LogP contribution in [-0.4, -0.2) is 34.3 Å². The van der Waals surface area contributed by atoms with Gasteiger partial charge in [-0.25, -0.2) is 22.9 Å². The molecule has 0 aliphatic rings. The Morgan fingerprint density at radius 3 is 2.80 bits per heavy atom. The number of aromatic carboxylic acids is 1. The number of hydrogen-bond donors (Lipinski definition) is 2. The van der Waals surface area contributed by atoms with Crippen LogP contribution in [0.1, 0.15) is 16.4 Å². The van der Waals surface area contributed by atoms with Crippen molar-refractivity contribution in [1.82, 2.24) is 19.5 Å². The molecule has 0 fully saturated rings. The maximum absolute atomic E-state index is 12.0. The number of carboxylic acids is 1. The number of furan rings is 1. The van der Waals surface area contributed by atoms with Crippen LogP contribution >= 0.6 is 15.9 Å². The van der Waals surface area contributed by atoms with Gasteiger partial charge in [-0.05, 0) is 15.9 Å². The minimum atomic E-state index is -3.94. The molecule has 0 radical (unpaired) electrons. The third-order valence-corrected chi connectivity index (χ3v) is 4.48. The van der Waals surface area contributed by atoms with Gasteiger partial charge in [0.2, 0.25) is 15.8 Å². The van der Waals surface area contributed by atoms with Crippen molar-refractivity contribution < 1.29 is 22.7 Å². The molecule has 2 heterocycles. The van der Waals surface area contributed by atoms with E-state index in [9.17, 15) is 13.2 Å². The molecule has 0 aliphatic heterocycles. The van der Waals surface area contributed by atoms with Crippen LogP contribution in [0.5, 0.6) is 0 Å². The fraction of sp³-hybridized carbons (Fsp3) is 0.222. The van der Waals surface area contributed by atoms with Gasteiger partial charge < -0.3 is 9.52 Å². The first kappa shape index (κ1) is 14.7. The number of hydrogen-bond acceptors (Lipinski definition) is 6. The molecule has 0 unspecified atom stereocenters. The number of aryl methyl sites for hydroxylation is 1. The molecule has 0 bridgehead atoms. The monoisotopic (exact) mass is 364 g/mol. The van der Waals surface area contributed by atoms with Crippen molar-refractivity contribution in [1.29, 1.82) is 0 Å². The zero-order valence-corrected chi connectivity index (χ0v) is 12.5. The van der Waals surface area contributed by atoms with Crippen molar-refractivity contribution >= 4 is 31.9 Å². The molecule has 0 aromatic carbocycles. The molecule has 0 amide bonds. The zero-order valence-electron chi connectivity index (χ0n) is 10.1. The van der Waals surface area contributed by atoms with Gasteiger partial charge in [-0.2, -0.15) is 5.10 Å². The van der Waals surface area contributed by atoms with Crippen LogP contribution in [0.15, 0.2) is 26.4 Å². The van der Waals surface area contributed by atoms with Gasteiger partial charge in [-0.15, -0.1) is 0 Å². The van der Waals surface area contributed by atoms with Gasteiger partial charge in [-0.3, -0.25) is 4.68 Å². The second-order valence-corrected chi connectivity index (χ2v) is 6.17. The number of nitrogens with zero attached hydrogens (tertiary/aromatic N) is 3. The summed E-state index contributed by atoms with van der Waals surface area (Å²) < 4.78 is 32.3. The van der Waals surface area contributed by atoms with Gasteiger partial charge in [-0.1, -0.05) is 0 Å². The fourth-order valence-corrected chi connectivity index (χ4v) is 3.26. The third-order valence-electron chi connectivity index (χ3n) is 2.22. The average Bonchev–Trinajstić information content (AvgIpc) is 2.93. The lowest BCUT2D eigenvalue weighted by Crippen LogP contribution is -2.23. The highest BCUT2D eigenvalue weighted by atomic mass is 79.9. The van der Waals surface area contributed by atoms with Crippen molar-refractivity contribution in [2.24, 2.45) is 7.05 Å². The van der Waals surface area contributed by atoms with E-state index < -0.39 is 21.8 Å². The highest BCUT2D eigenvalue weighted by Crippen LogP contribution is 2.26. The van der Waals surface area contributed by atoms with Crippen molar-refractivity contribution in [3.05, 3.63) is 28.6 Å². The first-order chi connectivity index (χ1) is 9.29. The number of rotatable bonds is 5. The van der Waals surface area contributed by atoms with E-state index in [1.807, 2.05) is 0 Å². The lowest BCUT2D eigenvalue weighted by atomic mass is 10.5. The molecular formula is C9H9BrN4O5S. The number of sulfonamides is 1. The normalized spacial score (nSPS) is 11.7. The minimum absolute atomic E-state index is 0.122. The Bertz CT molecular complexity index is 750. The van der Waals surface area contributed by atoms with Crippen molar-refractivity contribution in [3.63, 3.8) is 0 Å². The Hall–Kier alpha value is -1.72. The summed E-state index contributed by atoms with van der Waals surface area (Å²) in [5.41, 5.74) is 0. The lowest BCUT2D eigenvalue weighted by molar-refractivity contribution is 0.0661. The third kappa shape index (κ3) is 3.05. The summed E-state index contributed by atoms with van der Waals surface area (Å²) in [5.74, 6) is -1.55. The van der Waals surface area contributed by atoms with Gasteiger partial charge in [0.15, 0.2) is 10.5 Å². The highest BCUT2D eigenvalue weighted by Gasteiger charge is 2.25. The summed E-state index contributed by atoms with van der Waals surface area (Å²) in [6.07, 6.45) is 1.43. The molecule has 0 atom stereocenters. The predicted molar refractivity (Wildman–Crippen MR) is 68.4 cm³/mol. The summed E-state index contributed by atoms with van der Waals surface area (Å²) in [6, 6.07) is 0.917. The first-order valence-electron chi connectivity index (χ1n) is 5.16. The van der Waals surface area contributed by atoms with E-state index in [1.165, 1.54) is 11.0 Å².